The van der Waals surface area contributed by atoms with Crippen molar-refractivity contribution in [1.29, 1.82) is 5.26 Å². The standard InChI is InChI=1S/C31H33FN2O4/c1-21(2)38-26-5-3-4-23(16-26)7-6-22-12-14-34(15-13-22)31(36)20-37-30-11-8-24(19-33)17-28(30)27-10-9-25(32)18-29(27)35/h3-5,8-11,16-18,21-22,35H,6-7,12-15,20H2,1-2H3. The van der Waals surface area contributed by atoms with Crippen LogP contribution in [0.2, 0.25) is 0 Å². The second-order valence-electron chi connectivity index (χ2n) is 9.95. The van der Waals surface area contributed by atoms with Crippen LogP contribution in [0, 0.1) is 23.1 Å². The van der Waals surface area contributed by atoms with E-state index in [1.54, 1.807) is 18.2 Å². The molecule has 198 valence electrons. The minimum atomic E-state index is -0.572. The first kappa shape index (κ1) is 27.0. The molecule has 3 aromatic rings. The monoisotopic (exact) mass is 516 g/mol. The first-order valence-corrected chi connectivity index (χ1v) is 13.0. The third kappa shape index (κ3) is 7.04. The Morgan fingerprint density at radius 1 is 1.11 bits per heavy atom. The van der Waals surface area contributed by atoms with Crippen LogP contribution in [0.5, 0.6) is 17.2 Å². The number of piperidine rings is 1. The lowest BCUT2D eigenvalue weighted by Gasteiger charge is -2.32. The molecule has 1 aliphatic heterocycles. The van der Waals surface area contributed by atoms with E-state index in [9.17, 15) is 19.6 Å². The molecule has 0 aliphatic carbocycles. The predicted octanol–water partition coefficient (Wildman–Crippen LogP) is 6.11. The van der Waals surface area contributed by atoms with Gasteiger partial charge in [-0.15, -0.1) is 0 Å². The number of hydrogen-bond acceptors (Lipinski definition) is 5. The van der Waals surface area contributed by atoms with Crippen molar-refractivity contribution >= 4 is 5.91 Å². The van der Waals surface area contributed by atoms with E-state index < -0.39 is 5.82 Å². The molecular weight excluding hydrogens is 483 g/mol. The molecule has 0 spiro atoms. The number of nitriles is 1. The molecule has 1 amide bonds. The van der Waals surface area contributed by atoms with Gasteiger partial charge in [-0.05, 0) is 93.5 Å². The Kier molecular flexibility index (Phi) is 8.85. The van der Waals surface area contributed by atoms with Crippen molar-refractivity contribution in [3.63, 3.8) is 0 Å². The molecule has 38 heavy (non-hydrogen) atoms. The summed E-state index contributed by atoms with van der Waals surface area (Å²) in [6.45, 7) is 5.25. The zero-order valence-corrected chi connectivity index (χ0v) is 21.8. The molecule has 4 rings (SSSR count). The first-order chi connectivity index (χ1) is 18.3. The molecule has 6 nitrogen and oxygen atoms in total. The van der Waals surface area contributed by atoms with Crippen molar-refractivity contribution in [2.45, 2.75) is 45.6 Å². The van der Waals surface area contributed by atoms with Crippen molar-refractivity contribution in [2.75, 3.05) is 19.7 Å². The summed E-state index contributed by atoms with van der Waals surface area (Å²) in [7, 11) is 0. The maximum Gasteiger partial charge on any atom is 0.260 e. The molecular formula is C31H33FN2O4. The van der Waals surface area contributed by atoms with Crippen LogP contribution in [0.1, 0.15) is 44.2 Å². The van der Waals surface area contributed by atoms with E-state index in [0.717, 1.165) is 37.5 Å². The summed E-state index contributed by atoms with van der Waals surface area (Å²) in [4.78, 5) is 14.7. The smallest absolute Gasteiger partial charge is 0.260 e. The number of aromatic hydroxyl groups is 1. The van der Waals surface area contributed by atoms with Crippen LogP contribution in [-0.4, -0.2) is 41.7 Å². The molecule has 1 saturated heterocycles. The Morgan fingerprint density at radius 3 is 2.61 bits per heavy atom. The molecule has 1 aliphatic rings. The van der Waals surface area contributed by atoms with E-state index in [0.29, 0.717) is 41.4 Å². The summed E-state index contributed by atoms with van der Waals surface area (Å²) in [6, 6.07) is 18.7. The highest BCUT2D eigenvalue weighted by molar-refractivity contribution is 5.80. The third-order valence-corrected chi connectivity index (χ3v) is 6.79. The van der Waals surface area contributed by atoms with Gasteiger partial charge in [0.25, 0.3) is 5.91 Å². The number of rotatable bonds is 9. The second kappa shape index (κ2) is 12.5. The zero-order chi connectivity index (χ0) is 27.1. The number of benzene rings is 3. The summed E-state index contributed by atoms with van der Waals surface area (Å²) in [5.74, 6) is 0.854. The van der Waals surface area contributed by atoms with Crippen LogP contribution < -0.4 is 9.47 Å². The number of nitrogens with zero attached hydrogens (tertiary/aromatic N) is 2. The summed E-state index contributed by atoms with van der Waals surface area (Å²) in [6.07, 6.45) is 4.09. The molecule has 1 fully saturated rings. The number of amides is 1. The summed E-state index contributed by atoms with van der Waals surface area (Å²) >= 11 is 0. The Hall–Kier alpha value is -4.05. The van der Waals surface area contributed by atoms with Crippen LogP contribution in [0.3, 0.4) is 0 Å². The molecule has 0 unspecified atom stereocenters. The van der Waals surface area contributed by atoms with Crippen molar-refractivity contribution in [3.8, 4) is 34.4 Å². The van der Waals surface area contributed by atoms with Gasteiger partial charge in [0.15, 0.2) is 6.61 Å². The molecule has 0 atom stereocenters. The summed E-state index contributed by atoms with van der Waals surface area (Å²) in [5, 5.41) is 19.5. The van der Waals surface area contributed by atoms with E-state index >= 15 is 0 Å². The minimum Gasteiger partial charge on any atom is -0.507 e. The van der Waals surface area contributed by atoms with Crippen LogP contribution in [0.15, 0.2) is 60.7 Å². The van der Waals surface area contributed by atoms with Gasteiger partial charge in [-0.3, -0.25) is 4.79 Å². The number of phenols is 1. The number of phenolic OH excluding ortho intramolecular Hbond substituents is 1. The number of carbonyl (C=O) groups excluding carboxylic acids is 1. The Morgan fingerprint density at radius 2 is 1.89 bits per heavy atom. The van der Waals surface area contributed by atoms with Crippen LogP contribution >= 0.6 is 0 Å². The lowest BCUT2D eigenvalue weighted by atomic mass is 9.90. The van der Waals surface area contributed by atoms with E-state index in [1.165, 1.54) is 17.7 Å². The fourth-order valence-corrected chi connectivity index (χ4v) is 4.79. The van der Waals surface area contributed by atoms with Gasteiger partial charge in [0.05, 0.1) is 17.7 Å². The highest BCUT2D eigenvalue weighted by Crippen LogP contribution is 2.37. The Labute approximate surface area is 223 Å². The van der Waals surface area contributed by atoms with E-state index in [1.807, 2.05) is 30.9 Å². The molecule has 1 N–H and O–H groups in total. The average Bonchev–Trinajstić information content (AvgIpc) is 2.91. The van der Waals surface area contributed by atoms with Crippen molar-refractivity contribution in [2.24, 2.45) is 5.92 Å². The second-order valence-corrected chi connectivity index (χ2v) is 9.95. The summed E-state index contributed by atoms with van der Waals surface area (Å²) in [5.41, 5.74) is 2.38. The fraction of sp³-hybridized carbons (Fsp3) is 0.355. The minimum absolute atomic E-state index is 0.111. The van der Waals surface area contributed by atoms with E-state index in [4.69, 9.17) is 9.47 Å². The van der Waals surface area contributed by atoms with Gasteiger partial charge < -0.3 is 19.5 Å². The number of halogens is 1. The third-order valence-electron chi connectivity index (χ3n) is 6.79. The van der Waals surface area contributed by atoms with Gasteiger partial charge in [0.2, 0.25) is 0 Å². The van der Waals surface area contributed by atoms with E-state index in [2.05, 4.69) is 18.2 Å². The Balaban J connectivity index is 1.30. The van der Waals surface area contributed by atoms with Crippen LogP contribution in [0.4, 0.5) is 4.39 Å². The summed E-state index contributed by atoms with van der Waals surface area (Å²) < 4.78 is 25.1. The maximum atomic E-state index is 13.5. The highest BCUT2D eigenvalue weighted by atomic mass is 19.1. The normalized spacial score (nSPS) is 13.8. The maximum absolute atomic E-state index is 13.5. The molecule has 0 aromatic heterocycles. The molecule has 0 saturated carbocycles. The molecule has 0 radical (unpaired) electrons. The average molecular weight is 517 g/mol. The fourth-order valence-electron chi connectivity index (χ4n) is 4.79. The molecule has 1 heterocycles. The molecule has 3 aromatic carbocycles. The van der Waals surface area contributed by atoms with E-state index in [-0.39, 0.29) is 24.4 Å². The molecule has 0 bridgehead atoms. The lowest BCUT2D eigenvalue weighted by Crippen LogP contribution is -2.41. The van der Waals surface area contributed by atoms with Gasteiger partial charge >= 0.3 is 0 Å². The topological polar surface area (TPSA) is 82.8 Å². The largest absolute Gasteiger partial charge is 0.507 e. The van der Waals surface area contributed by atoms with Gasteiger partial charge in [0.1, 0.15) is 23.1 Å². The number of hydrogen-bond donors (Lipinski definition) is 1. The van der Waals surface area contributed by atoms with Crippen molar-refractivity contribution in [1.82, 2.24) is 4.90 Å². The lowest BCUT2D eigenvalue weighted by molar-refractivity contribution is -0.134. The quantitative estimate of drug-likeness (QED) is 0.371. The predicted molar refractivity (Wildman–Crippen MR) is 144 cm³/mol. The SMILES string of the molecule is CC(C)Oc1cccc(CCC2CCN(C(=O)COc3ccc(C#N)cc3-c3ccc(F)cc3O)CC2)c1. The first-order valence-electron chi connectivity index (χ1n) is 13.0. The van der Waals surface area contributed by atoms with Crippen molar-refractivity contribution in [3.05, 3.63) is 77.6 Å². The van der Waals surface area contributed by atoms with Crippen molar-refractivity contribution < 1.29 is 23.8 Å². The number of aryl methyl sites for hydroxylation is 1. The van der Waals surface area contributed by atoms with Gasteiger partial charge in [-0.1, -0.05) is 12.1 Å². The van der Waals surface area contributed by atoms with Crippen LogP contribution in [-0.2, 0) is 11.2 Å². The van der Waals surface area contributed by atoms with Gasteiger partial charge in [-0.25, -0.2) is 4.39 Å². The number of ether oxygens (including phenoxy) is 2. The number of carbonyl (C=O) groups is 1. The zero-order valence-electron chi connectivity index (χ0n) is 21.8. The number of likely N-dealkylation sites (tertiary alicyclic amines) is 1. The van der Waals surface area contributed by atoms with Gasteiger partial charge in [0, 0.05) is 30.3 Å². The van der Waals surface area contributed by atoms with Crippen LogP contribution in [0.25, 0.3) is 11.1 Å². The Bertz CT molecular complexity index is 1310. The molecule has 7 heteroatoms. The van der Waals surface area contributed by atoms with Gasteiger partial charge in [-0.2, -0.15) is 5.26 Å². The highest BCUT2D eigenvalue weighted by Gasteiger charge is 2.23.